The van der Waals surface area contributed by atoms with Crippen LogP contribution in [0.25, 0.3) is 0 Å². The van der Waals surface area contributed by atoms with Gasteiger partial charge < -0.3 is 14.5 Å². The van der Waals surface area contributed by atoms with E-state index in [4.69, 9.17) is 16.3 Å². The Morgan fingerprint density at radius 3 is 2.67 bits per heavy atom. The van der Waals surface area contributed by atoms with Gasteiger partial charge >= 0.3 is 6.09 Å². The van der Waals surface area contributed by atoms with Gasteiger partial charge in [-0.1, -0.05) is 11.6 Å². The molecule has 0 radical (unpaired) electrons. The van der Waals surface area contributed by atoms with Gasteiger partial charge in [0.05, 0.1) is 12.4 Å². The summed E-state index contributed by atoms with van der Waals surface area (Å²) in [5, 5.41) is 0.248. The van der Waals surface area contributed by atoms with Crippen molar-refractivity contribution in [3.8, 4) is 0 Å². The van der Waals surface area contributed by atoms with Gasteiger partial charge in [-0.2, -0.15) is 0 Å². The smallest absolute Gasteiger partial charge is 0.410 e. The first-order valence-corrected chi connectivity index (χ1v) is 8.24. The van der Waals surface area contributed by atoms with Crippen LogP contribution < -0.4 is 0 Å². The second-order valence-electron chi connectivity index (χ2n) is 6.99. The van der Waals surface area contributed by atoms with Crippen LogP contribution in [0.4, 0.5) is 4.79 Å². The molecule has 1 aliphatic heterocycles. The quantitative estimate of drug-likeness (QED) is 0.833. The maximum Gasteiger partial charge on any atom is 0.410 e. The average molecular weight is 355 g/mol. The molecule has 1 atom stereocenters. The lowest BCUT2D eigenvalue weighted by molar-refractivity contribution is 0.0286. The van der Waals surface area contributed by atoms with E-state index in [2.05, 4.69) is 9.97 Å². The summed E-state index contributed by atoms with van der Waals surface area (Å²) in [6.45, 7) is 7.30. The van der Waals surface area contributed by atoms with Gasteiger partial charge in [-0.3, -0.25) is 4.79 Å². The minimum absolute atomic E-state index is 0.213. The van der Waals surface area contributed by atoms with Crippen LogP contribution in [0.15, 0.2) is 12.4 Å². The van der Waals surface area contributed by atoms with Crippen LogP contribution in [0, 0.1) is 5.92 Å². The van der Waals surface area contributed by atoms with E-state index in [9.17, 15) is 9.59 Å². The topological polar surface area (TPSA) is 75.6 Å². The molecule has 0 saturated carbocycles. The number of carbonyl (C=O) groups is 2. The fraction of sp³-hybridized carbons (Fsp3) is 0.625. The predicted molar refractivity (Wildman–Crippen MR) is 89.9 cm³/mol. The third-order valence-electron chi connectivity index (χ3n) is 3.66. The highest BCUT2D eigenvalue weighted by molar-refractivity contribution is 6.29. The Morgan fingerprint density at radius 1 is 1.38 bits per heavy atom. The Balaban J connectivity index is 1.87. The van der Waals surface area contributed by atoms with Crippen LogP contribution in [0.1, 0.15) is 37.7 Å². The van der Waals surface area contributed by atoms with Crippen LogP contribution in [-0.2, 0) is 4.74 Å². The van der Waals surface area contributed by atoms with Gasteiger partial charge in [-0.05, 0) is 33.1 Å². The molecule has 0 aromatic carbocycles. The first-order valence-electron chi connectivity index (χ1n) is 7.86. The Bertz CT molecular complexity index is 600. The maximum absolute atomic E-state index is 12.3. The number of amides is 2. The van der Waals surface area contributed by atoms with Crippen LogP contribution in [0.3, 0.4) is 0 Å². The molecule has 1 saturated heterocycles. The minimum Gasteiger partial charge on any atom is -0.444 e. The zero-order valence-corrected chi connectivity index (χ0v) is 15.2. The number of likely N-dealkylation sites (tertiary alicyclic amines) is 1. The zero-order chi connectivity index (χ0) is 17.9. The normalized spacial score (nSPS) is 17.7. The van der Waals surface area contributed by atoms with Crippen LogP contribution in [0.2, 0.25) is 5.15 Å². The molecule has 132 valence electrons. The van der Waals surface area contributed by atoms with Crippen molar-refractivity contribution in [2.45, 2.75) is 32.8 Å². The molecule has 0 aliphatic carbocycles. The van der Waals surface area contributed by atoms with E-state index in [1.54, 1.807) is 16.8 Å². The van der Waals surface area contributed by atoms with Crippen molar-refractivity contribution in [3.63, 3.8) is 0 Å². The molecule has 0 bridgehead atoms. The summed E-state index contributed by atoms with van der Waals surface area (Å²) >= 11 is 5.68. The molecule has 2 amide bonds. The van der Waals surface area contributed by atoms with Crippen molar-refractivity contribution in [2.75, 3.05) is 26.7 Å². The number of nitrogens with zero attached hydrogens (tertiary/aromatic N) is 4. The van der Waals surface area contributed by atoms with E-state index in [0.717, 1.165) is 6.42 Å². The molecule has 1 unspecified atom stereocenters. The Kier molecular flexibility index (Phi) is 5.64. The molecule has 1 aliphatic rings. The molecular weight excluding hydrogens is 332 g/mol. The van der Waals surface area contributed by atoms with Crippen molar-refractivity contribution >= 4 is 23.6 Å². The number of carbonyl (C=O) groups excluding carboxylic acids is 2. The van der Waals surface area contributed by atoms with E-state index in [1.807, 2.05) is 20.8 Å². The molecule has 2 rings (SSSR count). The largest absolute Gasteiger partial charge is 0.444 e. The summed E-state index contributed by atoms with van der Waals surface area (Å²) in [6.07, 6.45) is 3.25. The van der Waals surface area contributed by atoms with Crippen LogP contribution in [0.5, 0.6) is 0 Å². The number of halogens is 1. The summed E-state index contributed by atoms with van der Waals surface area (Å²) < 4.78 is 5.38. The Hall–Kier alpha value is -1.89. The van der Waals surface area contributed by atoms with Gasteiger partial charge in [0.1, 0.15) is 16.4 Å². The number of rotatable bonds is 3. The SMILES string of the molecule is CN(CC1CCN(C(=O)OC(C)(C)C)C1)C(=O)c1cnc(Cl)cn1. The van der Waals surface area contributed by atoms with Gasteiger partial charge in [0.2, 0.25) is 0 Å². The van der Waals surface area contributed by atoms with Crippen molar-refractivity contribution in [1.29, 1.82) is 0 Å². The number of ether oxygens (including phenoxy) is 1. The summed E-state index contributed by atoms with van der Waals surface area (Å²) in [6, 6.07) is 0. The highest BCUT2D eigenvalue weighted by atomic mass is 35.5. The van der Waals surface area contributed by atoms with Crippen molar-refractivity contribution in [1.82, 2.24) is 19.8 Å². The molecule has 7 nitrogen and oxygen atoms in total. The second kappa shape index (κ2) is 7.34. The summed E-state index contributed by atoms with van der Waals surface area (Å²) in [5.74, 6) is 0.00149. The summed E-state index contributed by atoms with van der Waals surface area (Å²) in [4.78, 5) is 35.5. The number of hydrogen-bond acceptors (Lipinski definition) is 5. The van der Waals surface area contributed by atoms with Crippen molar-refractivity contribution < 1.29 is 14.3 Å². The van der Waals surface area contributed by atoms with Gasteiger partial charge in [-0.15, -0.1) is 0 Å². The van der Waals surface area contributed by atoms with E-state index in [-0.39, 0.29) is 28.8 Å². The fourth-order valence-electron chi connectivity index (χ4n) is 2.56. The lowest BCUT2D eigenvalue weighted by atomic mass is 10.1. The van der Waals surface area contributed by atoms with E-state index in [1.165, 1.54) is 12.4 Å². The first kappa shape index (κ1) is 18.4. The molecular formula is C16H23ClN4O3. The standard InChI is InChI=1S/C16H23ClN4O3/c1-16(2,3)24-15(23)21-6-5-11(10-21)9-20(4)14(22)12-7-19-13(17)8-18-12/h7-8,11H,5-6,9-10H2,1-4H3. The fourth-order valence-corrected chi connectivity index (χ4v) is 2.66. The predicted octanol–water partition coefficient (Wildman–Crippen LogP) is 2.46. The lowest BCUT2D eigenvalue weighted by Gasteiger charge is -2.25. The second-order valence-corrected chi connectivity index (χ2v) is 7.38. The van der Waals surface area contributed by atoms with Crippen LogP contribution >= 0.6 is 11.6 Å². The van der Waals surface area contributed by atoms with Gasteiger partial charge in [0.15, 0.2) is 0 Å². The van der Waals surface area contributed by atoms with E-state index >= 15 is 0 Å². The molecule has 0 spiro atoms. The van der Waals surface area contributed by atoms with Gasteiger partial charge in [-0.25, -0.2) is 14.8 Å². The maximum atomic E-state index is 12.3. The number of hydrogen-bond donors (Lipinski definition) is 0. The molecule has 1 fully saturated rings. The number of aromatic nitrogens is 2. The van der Waals surface area contributed by atoms with Gasteiger partial charge in [0, 0.05) is 26.7 Å². The molecule has 1 aromatic rings. The molecule has 1 aromatic heterocycles. The summed E-state index contributed by atoms with van der Waals surface area (Å²) in [7, 11) is 1.72. The first-order chi connectivity index (χ1) is 11.2. The van der Waals surface area contributed by atoms with Crippen molar-refractivity contribution in [3.05, 3.63) is 23.2 Å². The van der Waals surface area contributed by atoms with E-state index < -0.39 is 5.60 Å². The molecule has 8 heteroatoms. The Labute approximate surface area is 147 Å². The van der Waals surface area contributed by atoms with Crippen LogP contribution in [-0.4, -0.2) is 64.1 Å². The summed E-state index contributed by atoms with van der Waals surface area (Å²) in [5.41, 5.74) is -0.251. The zero-order valence-electron chi connectivity index (χ0n) is 14.5. The minimum atomic E-state index is -0.505. The highest BCUT2D eigenvalue weighted by Crippen LogP contribution is 2.20. The molecule has 2 heterocycles. The average Bonchev–Trinajstić information content (AvgIpc) is 2.94. The third-order valence-corrected chi connectivity index (χ3v) is 3.85. The lowest BCUT2D eigenvalue weighted by Crippen LogP contribution is -2.37. The van der Waals surface area contributed by atoms with Gasteiger partial charge in [0.25, 0.3) is 5.91 Å². The third kappa shape index (κ3) is 5.06. The van der Waals surface area contributed by atoms with Crippen molar-refractivity contribution in [2.24, 2.45) is 5.92 Å². The molecule has 0 N–H and O–H groups in total. The monoisotopic (exact) mass is 354 g/mol. The highest BCUT2D eigenvalue weighted by Gasteiger charge is 2.31. The van der Waals surface area contributed by atoms with E-state index in [0.29, 0.717) is 19.6 Å². The Morgan fingerprint density at radius 2 is 2.08 bits per heavy atom. The molecule has 24 heavy (non-hydrogen) atoms.